The van der Waals surface area contributed by atoms with E-state index in [2.05, 4.69) is 5.32 Å². The van der Waals surface area contributed by atoms with Crippen LogP contribution < -0.4 is 10.1 Å². The van der Waals surface area contributed by atoms with Gasteiger partial charge in [0.05, 0.1) is 18.2 Å². The Morgan fingerprint density at radius 2 is 2.00 bits per heavy atom. The first-order valence-electron chi connectivity index (χ1n) is 9.58. The van der Waals surface area contributed by atoms with E-state index < -0.39 is 10.0 Å². The van der Waals surface area contributed by atoms with Gasteiger partial charge in [0, 0.05) is 29.7 Å². The third-order valence-electron chi connectivity index (χ3n) is 4.91. The summed E-state index contributed by atoms with van der Waals surface area (Å²) in [4.78, 5) is 12.6. The molecule has 2 aromatic rings. The summed E-state index contributed by atoms with van der Waals surface area (Å²) in [6, 6.07) is 13.2. The molecule has 0 aromatic heterocycles. The summed E-state index contributed by atoms with van der Waals surface area (Å²) >= 11 is 6.01. The second kappa shape index (κ2) is 9.47. The maximum absolute atomic E-state index is 13.1. The van der Waals surface area contributed by atoms with Crippen LogP contribution in [0.25, 0.3) is 0 Å². The van der Waals surface area contributed by atoms with Crippen molar-refractivity contribution in [3.8, 4) is 11.8 Å². The zero-order valence-electron chi connectivity index (χ0n) is 16.5. The Morgan fingerprint density at radius 3 is 2.67 bits per heavy atom. The molecule has 1 N–H and O–H groups in total. The number of carbonyl (C=O) groups excluding carboxylic acids is 1. The van der Waals surface area contributed by atoms with Crippen molar-refractivity contribution in [1.82, 2.24) is 4.31 Å². The topological polar surface area (TPSA) is 99.5 Å². The van der Waals surface area contributed by atoms with Gasteiger partial charge in [-0.2, -0.15) is 9.57 Å². The first-order chi connectivity index (χ1) is 14.3. The molecule has 9 heteroatoms. The van der Waals surface area contributed by atoms with Crippen LogP contribution in [0.5, 0.6) is 5.75 Å². The number of sulfonamides is 1. The number of nitrogens with zero attached hydrogens (tertiary/aromatic N) is 2. The molecule has 3 rings (SSSR count). The van der Waals surface area contributed by atoms with Crippen molar-refractivity contribution in [2.75, 3.05) is 25.0 Å². The molecule has 1 fully saturated rings. The molecule has 1 saturated heterocycles. The van der Waals surface area contributed by atoms with Gasteiger partial charge >= 0.3 is 0 Å². The van der Waals surface area contributed by atoms with Crippen LogP contribution >= 0.6 is 11.6 Å². The van der Waals surface area contributed by atoms with Crippen LogP contribution in [0, 0.1) is 17.2 Å². The number of nitriles is 1. The fourth-order valence-corrected chi connectivity index (χ4v) is 5.23. The number of rotatable bonds is 6. The third kappa shape index (κ3) is 4.93. The highest BCUT2D eigenvalue weighted by atomic mass is 35.5. The van der Waals surface area contributed by atoms with Crippen molar-refractivity contribution in [1.29, 1.82) is 5.26 Å². The SMILES string of the molecule is CCOc1ccc(Cl)cc1S(=O)(=O)N1CCC(C(=O)Nc2cccc(C#N)c2)CC1. The van der Waals surface area contributed by atoms with Gasteiger partial charge in [-0.25, -0.2) is 8.42 Å². The van der Waals surface area contributed by atoms with E-state index in [1.165, 1.54) is 10.4 Å². The normalized spacial score (nSPS) is 15.4. The highest BCUT2D eigenvalue weighted by Gasteiger charge is 2.34. The fourth-order valence-electron chi connectivity index (χ4n) is 3.37. The predicted octanol–water partition coefficient (Wildman–Crippen LogP) is 3.65. The van der Waals surface area contributed by atoms with Crippen molar-refractivity contribution >= 4 is 33.2 Å². The second-order valence-electron chi connectivity index (χ2n) is 6.88. The minimum Gasteiger partial charge on any atom is -0.492 e. The van der Waals surface area contributed by atoms with Gasteiger partial charge in [0.15, 0.2) is 0 Å². The molecule has 0 radical (unpaired) electrons. The van der Waals surface area contributed by atoms with Gasteiger partial charge in [0.25, 0.3) is 0 Å². The molecule has 7 nitrogen and oxygen atoms in total. The summed E-state index contributed by atoms with van der Waals surface area (Å²) in [6.45, 7) is 2.55. The standard InChI is InChI=1S/C21H22ClN3O4S/c1-2-29-19-7-6-17(22)13-20(19)30(27,28)25-10-8-16(9-11-25)21(26)24-18-5-3-4-15(12-18)14-23/h3-7,12-13,16H,2,8-11H2,1H3,(H,24,26). The number of anilines is 1. The molecule has 1 aliphatic rings. The average molecular weight is 448 g/mol. The van der Waals surface area contributed by atoms with E-state index in [4.69, 9.17) is 21.6 Å². The molecule has 1 aliphatic heterocycles. The zero-order chi connectivity index (χ0) is 21.7. The number of amides is 1. The lowest BCUT2D eigenvalue weighted by Crippen LogP contribution is -2.41. The molecule has 0 bridgehead atoms. The van der Waals surface area contributed by atoms with Crippen molar-refractivity contribution in [2.24, 2.45) is 5.92 Å². The van der Waals surface area contributed by atoms with E-state index in [0.717, 1.165) is 0 Å². The molecule has 0 aliphatic carbocycles. The molecule has 30 heavy (non-hydrogen) atoms. The summed E-state index contributed by atoms with van der Waals surface area (Å²) in [5.41, 5.74) is 1.01. The van der Waals surface area contributed by atoms with Gasteiger partial charge in [-0.1, -0.05) is 17.7 Å². The highest BCUT2D eigenvalue weighted by molar-refractivity contribution is 7.89. The molecule has 2 aromatic carbocycles. The number of halogens is 1. The number of benzene rings is 2. The van der Waals surface area contributed by atoms with Crippen molar-refractivity contribution in [3.63, 3.8) is 0 Å². The van der Waals surface area contributed by atoms with Crippen molar-refractivity contribution in [2.45, 2.75) is 24.7 Å². The Morgan fingerprint density at radius 1 is 1.27 bits per heavy atom. The number of carbonyl (C=O) groups is 1. The molecule has 0 spiro atoms. The summed E-state index contributed by atoms with van der Waals surface area (Å²) < 4.78 is 33.1. The van der Waals surface area contributed by atoms with Gasteiger partial charge in [-0.15, -0.1) is 0 Å². The van der Waals surface area contributed by atoms with E-state index >= 15 is 0 Å². The summed E-state index contributed by atoms with van der Waals surface area (Å²) in [6.07, 6.45) is 0.793. The quantitative estimate of drug-likeness (QED) is 0.728. The van der Waals surface area contributed by atoms with Gasteiger partial charge in [-0.3, -0.25) is 4.79 Å². The third-order valence-corrected chi connectivity index (χ3v) is 7.06. The molecular formula is C21H22ClN3O4S. The zero-order valence-corrected chi connectivity index (χ0v) is 18.0. The van der Waals surface area contributed by atoms with E-state index in [9.17, 15) is 13.2 Å². The predicted molar refractivity (Wildman–Crippen MR) is 114 cm³/mol. The van der Waals surface area contributed by atoms with Gasteiger partial charge in [0.1, 0.15) is 10.6 Å². The number of ether oxygens (including phenoxy) is 1. The van der Waals surface area contributed by atoms with Crippen LogP contribution in [0.4, 0.5) is 5.69 Å². The highest BCUT2D eigenvalue weighted by Crippen LogP contribution is 2.32. The van der Waals surface area contributed by atoms with Crippen molar-refractivity contribution in [3.05, 3.63) is 53.1 Å². The van der Waals surface area contributed by atoms with Crippen LogP contribution in [-0.2, 0) is 14.8 Å². The fraction of sp³-hybridized carbons (Fsp3) is 0.333. The number of hydrogen-bond donors (Lipinski definition) is 1. The maximum Gasteiger partial charge on any atom is 0.246 e. The Hall–Kier alpha value is -2.60. The summed E-state index contributed by atoms with van der Waals surface area (Å²) in [5, 5.41) is 12.1. The molecule has 1 heterocycles. The van der Waals surface area contributed by atoms with E-state index in [1.807, 2.05) is 6.07 Å². The number of hydrogen-bond acceptors (Lipinski definition) is 5. The van der Waals surface area contributed by atoms with Crippen LogP contribution in [0.3, 0.4) is 0 Å². The van der Waals surface area contributed by atoms with Gasteiger partial charge < -0.3 is 10.1 Å². The van der Waals surface area contributed by atoms with E-state index in [1.54, 1.807) is 43.3 Å². The molecule has 1 amide bonds. The van der Waals surface area contributed by atoms with Crippen LogP contribution in [0.2, 0.25) is 5.02 Å². The first-order valence-corrected chi connectivity index (χ1v) is 11.4. The lowest BCUT2D eigenvalue weighted by Gasteiger charge is -2.31. The van der Waals surface area contributed by atoms with Crippen LogP contribution in [0.1, 0.15) is 25.3 Å². The number of piperidine rings is 1. The monoisotopic (exact) mass is 447 g/mol. The van der Waals surface area contributed by atoms with Gasteiger partial charge in [-0.05, 0) is 56.2 Å². The Labute approximate surface area is 181 Å². The average Bonchev–Trinajstić information content (AvgIpc) is 2.75. The largest absolute Gasteiger partial charge is 0.492 e. The lowest BCUT2D eigenvalue weighted by atomic mass is 9.97. The van der Waals surface area contributed by atoms with E-state index in [-0.39, 0.29) is 35.6 Å². The smallest absolute Gasteiger partial charge is 0.246 e. The second-order valence-corrected chi connectivity index (χ2v) is 9.23. The Kier molecular flexibility index (Phi) is 6.98. The summed E-state index contributed by atoms with van der Waals surface area (Å²) in [7, 11) is -3.80. The Balaban J connectivity index is 1.68. The van der Waals surface area contributed by atoms with Crippen LogP contribution in [0.15, 0.2) is 47.4 Å². The minimum atomic E-state index is -3.80. The maximum atomic E-state index is 13.1. The Bertz CT molecular complexity index is 1070. The number of nitrogens with one attached hydrogen (secondary N) is 1. The summed E-state index contributed by atoms with van der Waals surface area (Å²) in [5.74, 6) is -0.230. The van der Waals surface area contributed by atoms with Crippen LogP contribution in [-0.4, -0.2) is 38.3 Å². The molecular weight excluding hydrogens is 426 g/mol. The molecule has 0 atom stereocenters. The molecule has 0 saturated carbocycles. The van der Waals surface area contributed by atoms with E-state index in [0.29, 0.717) is 35.7 Å². The first kappa shape index (κ1) is 22.1. The molecule has 158 valence electrons. The minimum absolute atomic E-state index is 0.0352. The molecule has 0 unspecified atom stereocenters. The van der Waals surface area contributed by atoms with Crippen molar-refractivity contribution < 1.29 is 17.9 Å². The lowest BCUT2D eigenvalue weighted by molar-refractivity contribution is -0.120. The van der Waals surface area contributed by atoms with Gasteiger partial charge in [0.2, 0.25) is 15.9 Å².